The molecule has 0 aliphatic rings. The van der Waals surface area contributed by atoms with Crippen LogP contribution in [0.5, 0.6) is 0 Å². The van der Waals surface area contributed by atoms with E-state index in [0.717, 1.165) is 58.3 Å². The fraction of sp³-hybridized carbons (Fsp3) is 0.789. The predicted octanol–water partition coefficient (Wildman–Crippen LogP) is 1.55. The molecule has 0 heterocycles. The molecular weight excluding hydrogens is 348 g/mol. The first-order valence-corrected chi connectivity index (χ1v) is 9.29. The minimum absolute atomic E-state index is 0.0926. The topological polar surface area (TPSA) is 81.2 Å². The molecule has 0 aliphatic heterocycles. The SMILES string of the molecule is CC(=O)N(C)C.CCCN(C=O)CCC.CCN(C=O)CC.CN(C)C=O. The Morgan fingerprint density at radius 2 is 1.00 bits per heavy atom. The summed E-state index contributed by atoms with van der Waals surface area (Å²) in [5.74, 6) is 0.0926. The van der Waals surface area contributed by atoms with Crippen LogP contribution in [-0.4, -0.2) is 99.1 Å². The second-order valence-corrected chi connectivity index (χ2v) is 5.95. The van der Waals surface area contributed by atoms with Crippen LogP contribution < -0.4 is 0 Å². The second-order valence-electron chi connectivity index (χ2n) is 5.95. The van der Waals surface area contributed by atoms with Gasteiger partial charge in [0.1, 0.15) is 0 Å². The van der Waals surface area contributed by atoms with Crippen molar-refractivity contribution >= 4 is 25.1 Å². The highest BCUT2D eigenvalue weighted by molar-refractivity contribution is 5.72. The van der Waals surface area contributed by atoms with Crippen molar-refractivity contribution in [2.24, 2.45) is 0 Å². The average Bonchev–Trinajstić information content (AvgIpc) is 2.64. The summed E-state index contributed by atoms with van der Waals surface area (Å²) in [7, 11) is 6.82. The van der Waals surface area contributed by atoms with Crippen LogP contribution in [0.4, 0.5) is 0 Å². The van der Waals surface area contributed by atoms with Gasteiger partial charge in [0.25, 0.3) is 0 Å². The third kappa shape index (κ3) is 35.8. The van der Waals surface area contributed by atoms with Crippen LogP contribution in [0, 0.1) is 0 Å². The van der Waals surface area contributed by atoms with Crippen LogP contribution in [-0.2, 0) is 19.2 Å². The van der Waals surface area contributed by atoms with Gasteiger partial charge in [0.15, 0.2) is 0 Å². The summed E-state index contributed by atoms with van der Waals surface area (Å²) in [6, 6.07) is 0. The van der Waals surface area contributed by atoms with Gasteiger partial charge in [0.05, 0.1) is 0 Å². The molecule has 8 nitrogen and oxygen atoms in total. The molecule has 0 radical (unpaired) electrons. The van der Waals surface area contributed by atoms with Gasteiger partial charge in [-0.1, -0.05) is 13.8 Å². The maximum absolute atomic E-state index is 10.2. The Balaban J connectivity index is -0.000000134. The maximum atomic E-state index is 10.2. The molecule has 0 aromatic heterocycles. The Morgan fingerprint density at radius 3 is 1.07 bits per heavy atom. The highest BCUT2D eigenvalue weighted by Crippen LogP contribution is 1.88. The fourth-order valence-corrected chi connectivity index (χ4v) is 1.16. The predicted molar refractivity (Wildman–Crippen MR) is 111 cm³/mol. The quantitative estimate of drug-likeness (QED) is 0.559. The minimum Gasteiger partial charge on any atom is -0.351 e. The molecule has 0 aromatic carbocycles. The van der Waals surface area contributed by atoms with E-state index in [2.05, 4.69) is 13.8 Å². The summed E-state index contributed by atoms with van der Waals surface area (Å²) in [5.41, 5.74) is 0. The van der Waals surface area contributed by atoms with Crippen LogP contribution in [0.3, 0.4) is 0 Å². The molecule has 0 rings (SSSR count). The summed E-state index contributed by atoms with van der Waals surface area (Å²) < 4.78 is 0. The van der Waals surface area contributed by atoms with E-state index in [-0.39, 0.29) is 5.91 Å². The van der Waals surface area contributed by atoms with Crippen LogP contribution in [0.2, 0.25) is 0 Å². The van der Waals surface area contributed by atoms with Gasteiger partial charge in [0.2, 0.25) is 25.1 Å². The zero-order valence-corrected chi connectivity index (χ0v) is 18.9. The van der Waals surface area contributed by atoms with E-state index in [1.807, 2.05) is 13.8 Å². The largest absolute Gasteiger partial charge is 0.351 e. The Morgan fingerprint density at radius 1 is 0.704 bits per heavy atom. The Labute approximate surface area is 166 Å². The van der Waals surface area contributed by atoms with Crippen molar-refractivity contribution in [3.63, 3.8) is 0 Å². The molecule has 8 heteroatoms. The van der Waals surface area contributed by atoms with Crippen LogP contribution in [0.1, 0.15) is 47.5 Å². The van der Waals surface area contributed by atoms with Gasteiger partial charge in [-0.2, -0.15) is 0 Å². The van der Waals surface area contributed by atoms with Gasteiger partial charge in [-0.05, 0) is 26.7 Å². The molecule has 0 saturated heterocycles. The van der Waals surface area contributed by atoms with Gasteiger partial charge < -0.3 is 19.6 Å². The molecule has 4 amide bonds. The van der Waals surface area contributed by atoms with E-state index >= 15 is 0 Å². The molecule has 0 spiro atoms. The maximum Gasteiger partial charge on any atom is 0.218 e. The van der Waals surface area contributed by atoms with E-state index in [1.54, 1.807) is 38.0 Å². The lowest BCUT2D eigenvalue weighted by molar-refractivity contribution is -0.126. The molecule has 0 aliphatic carbocycles. The Hall–Kier alpha value is -2.12. The molecule has 0 saturated carbocycles. The summed E-state index contributed by atoms with van der Waals surface area (Å²) >= 11 is 0. The van der Waals surface area contributed by atoms with Gasteiger partial charge in [0, 0.05) is 61.3 Å². The van der Waals surface area contributed by atoms with Crippen molar-refractivity contribution in [1.82, 2.24) is 19.6 Å². The highest BCUT2D eigenvalue weighted by atomic mass is 16.2. The van der Waals surface area contributed by atoms with E-state index in [4.69, 9.17) is 0 Å². The summed E-state index contributed by atoms with van der Waals surface area (Å²) in [6.45, 7) is 13.0. The average molecular weight is 391 g/mol. The van der Waals surface area contributed by atoms with Gasteiger partial charge >= 0.3 is 0 Å². The number of carbonyl (C=O) groups is 4. The molecule has 0 unspecified atom stereocenters. The number of rotatable bonds is 9. The highest BCUT2D eigenvalue weighted by Gasteiger charge is 1.94. The van der Waals surface area contributed by atoms with Crippen molar-refractivity contribution in [2.45, 2.75) is 47.5 Å². The first kappa shape index (κ1) is 32.5. The van der Waals surface area contributed by atoms with E-state index in [0.29, 0.717) is 0 Å². The molecular formula is C19H42N4O4. The van der Waals surface area contributed by atoms with Crippen molar-refractivity contribution in [1.29, 1.82) is 0 Å². The van der Waals surface area contributed by atoms with Crippen molar-refractivity contribution in [2.75, 3.05) is 54.4 Å². The lowest BCUT2D eigenvalue weighted by Crippen LogP contribution is -2.23. The Bertz CT molecular complexity index is 341. The summed E-state index contributed by atoms with van der Waals surface area (Å²) in [6.07, 6.45) is 4.64. The molecule has 162 valence electrons. The molecule has 0 atom stereocenters. The minimum atomic E-state index is 0.0926. The smallest absolute Gasteiger partial charge is 0.218 e. The van der Waals surface area contributed by atoms with Crippen molar-refractivity contribution < 1.29 is 19.2 Å². The van der Waals surface area contributed by atoms with E-state index < -0.39 is 0 Å². The molecule has 0 aromatic rings. The van der Waals surface area contributed by atoms with Gasteiger partial charge in [-0.25, -0.2) is 0 Å². The van der Waals surface area contributed by atoms with E-state index in [9.17, 15) is 19.2 Å². The molecule has 0 bridgehead atoms. The van der Waals surface area contributed by atoms with Crippen molar-refractivity contribution in [3.05, 3.63) is 0 Å². The first-order valence-electron chi connectivity index (χ1n) is 9.29. The van der Waals surface area contributed by atoms with Crippen LogP contribution in [0.15, 0.2) is 0 Å². The van der Waals surface area contributed by atoms with E-state index in [1.165, 1.54) is 16.7 Å². The zero-order chi connectivity index (χ0) is 22.3. The number of hydrogen-bond donors (Lipinski definition) is 0. The number of carbonyl (C=O) groups excluding carboxylic acids is 4. The molecule has 27 heavy (non-hydrogen) atoms. The molecule has 0 N–H and O–H groups in total. The Kier molecular flexibility index (Phi) is 31.5. The lowest BCUT2D eigenvalue weighted by Gasteiger charge is -2.13. The van der Waals surface area contributed by atoms with Crippen molar-refractivity contribution in [3.8, 4) is 0 Å². The monoisotopic (exact) mass is 390 g/mol. The third-order valence-electron chi connectivity index (χ3n) is 2.97. The lowest BCUT2D eigenvalue weighted by atomic mass is 10.4. The first-order chi connectivity index (χ1) is 12.6. The van der Waals surface area contributed by atoms with Gasteiger partial charge in [-0.3, -0.25) is 19.2 Å². The summed E-state index contributed by atoms with van der Waals surface area (Å²) in [4.78, 5) is 46.1. The third-order valence-corrected chi connectivity index (χ3v) is 2.97. The zero-order valence-electron chi connectivity index (χ0n) is 18.9. The number of hydrogen-bond acceptors (Lipinski definition) is 4. The molecule has 0 fully saturated rings. The van der Waals surface area contributed by atoms with Gasteiger partial charge in [-0.15, -0.1) is 0 Å². The normalized spacial score (nSPS) is 8.19. The van der Waals surface area contributed by atoms with Crippen LogP contribution >= 0.6 is 0 Å². The standard InChI is InChI=1S/C7H15NO.C5H11NO.C4H9NO.C3H7NO/c1-3-5-8(7-9)6-4-2;1-3-6(4-2)5-7;1-4(6)5(2)3;1-4(2)3-5/h7H,3-6H2,1-2H3;5H,3-4H2,1-2H3;1-3H3;3H,1-2H3. The van der Waals surface area contributed by atoms with Crippen LogP contribution in [0.25, 0.3) is 0 Å². The summed E-state index contributed by atoms with van der Waals surface area (Å²) in [5, 5.41) is 0. The fourth-order valence-electron chi connectivity index (χ4n) is 1.16. The number of amides is 4. The second kappa shape index (κ2) is 26.1. The number of nitrogens with zero attached hydrogens (tertiary/aromatic N) is 4.